The number of rotatable bonds is 2. The number of fused-ring (bicyclic) bond motifs is 2. The molecule has 0 aliphatic carbocycles. The van der Waals surface area contributed by atoms with E-state index in [1.54, 1.807) is 18.2 Å². The fourth-order valence-corrected chi connectivity index (χ4v) is 4.05. The van der Waals surface area contributed by atoms with E-state index >= 15 is 0 Å². The molecule has 1 unspecified atom stereocenters. The summed E-state index contributed by atoms with van der Waals surface area (Å²) in [5.74, 6) is -3.30. The largest absolute Gasteiger partial charge is 1.00 e. The van der Waals surface area contributed by atoms with E-state index in [1.807, 2.05) is 6.07 Å². The standard InChI is InChI=1S/C15H10O5S.2Na/c16-14(17)10-6-5-9-7-8-3-1-2-4-11(8)21(20)13(9)12(10)15(18)19;;/h1-6H,7H2,(H,16,17)(H,18,19);;/q;2*+1/p-2. The Labute approximate surface area is 179 Å². The van der Waals surface area contributed by atoms with Crippen LogP contribution in [0.2, 0.25) is 0 Å². The Morgan fingerprint density at radius 2 is 1.57 bits per heavy atom. The molecule has 1 aliphatic heterocycles. The van der Waals surface area contributed by atoms with Gasteiger partial charge < -0.3 is 19.8 Å². The molecule has 2 aromatic rings. The van der Waals surface area contributed by atoms with Gasteiger partial charge in [0.1, 0.15) is 0 Å². The molecule has 1 heterocycles. The summed E-state index contributed by atoms with van der Waals surface area (Å²) < 4.78 is 12.6. The smallest absolute Gasteiger partial charge is 0.545 e. The van der Waals surface area contributed by atoms with E-state index in [-0.39, 0.29) is 64.0 Å². The van der Waals surface area contributed by atoms with Gasteiger partial charge in [-0.2, -0.15) is 0 Å². The first-order valence-corrected chi connectivity index (χ1v) is 7.24. The minimum absolute atomic E-state index is 0. The summed E-state index contributed by atoms with van der Waals surface area (Å²) in [6.07, 6.45) is 0.394. The van der Waals surface area contributed by atoms with Gasteiger partial charge in [0.15, 0.2) is 0 Å². The Morgan fingerprint density at radius 1 is 0.913 bits per heavy atom. The molecule has 0 saturated heterocycles. The van der Waals surface area contributed by atoms with Crippen LogP contribution in [0.1, 0.15) is 31.8 Å². The number of carbonyl (C=O) groups excluding carboxylic acids is 2. The van der Waals surface area contributed by atoms with E-state index < -0.39 is 33.9 Å². The van der Waals surface area contributed by atoms with Gasteiger partial charge in [0.2, 0.25) is 0 Å². The van der Waals surface area contributed by atoms with Crippen molar-refractivity contribution < 1.29 is 83.1 Å². The zero-order valence-corrected chi connectivity index (χ0v) is 17.4. The molecule has 0 radical (unpaired) electrons. The summed E-state index contributed by atoms with van der Waals surface area (Å²) in [6, 6.07) is 9.57. The van der Waals surface area contributed by atoms with E-state index in [0.717, 1.165) is 11.6 Å². The second-order valence-electron chi connectivity index (χ2n) is 4.60. The van der Waals surface area contributed by atoms with E-state index in [9.17, 15) is 24.0 Å². The topological polar surface area (TPSA) is 97.3 Å². The summed E-state index contributed by atoms with van der Waals surface area (Å²) in [4.78, 5) is 22.9. The van der Waals surface area contributed by atoms with Crippen molar-refractivity contribution in [2.45, 2.75) is 16.2 Å². The average molecular weight is 346 g/mol. The molecule has 23 heavy (non-hydrogen) atoms. The van der Waals surface area contributed by atoms with Gasteiger partial charge in [0.25, 0.3) is 0 Å². The Balaban J connectivity index is 0.00000132. The van der Waals surface area contributed by atoms with Gasteiger partial charge in [-0.1, -0.05) is 30.3 Å². The van der Waals surface area contributed by atoms with Crippen molar-refractivity contribution >= 4 is 22.7 Å². The summed E-state index contributed by atoms with van der Waals surface area (Å²) >= 11 is 0. The average Bonchev–Trinajstić information content (AvgIpc) is 2.46. The zero-order valence-electron chi connectivity index (χ0n) is 12.6. The molecule has 8 heteroatoms. The predicted molar refractivity (Wildman–Crippen MR) is 69.0 cm³/mol. The van der Waals surface area contributed by atoms with Crippen LogP contribution >= 0.6 is 0 Å². The maximum atomic E-state index is 12.6. The van der Waals surface area contributed by atoms with Crippen LogP contribution in [0.15, 0.2) is 46.2 Å². The van der Waals surface area contributed by atoms with Crippen molar-refractivity contribution in [3.63, 3.8) is 0 Å². The van der Waals surface area contributed by atoms with Crippen molar-refractivity contribution in [3.05, 3.63) is 58.7 Å². The molecule has 0 aromatic heterocycles. The number of benzene rings is 2. The first kappa shape index (κ1) is 20.6. The van der Waals surface area contributed by atoms with Gasteiger partial charge in [0.05, 0.1) is 27.6 Å². The minimum Gasteiger partial charge on any atom is -0.545 e. The van der Waals surface area contributed by atoms with Gasteiger partial charge in [-0.3, -0.25) is 0 Å². The van der Waals surface area contributed by atoms with Gasteiger partial charge in [0, 0.05) is 16.0 Å². The molecule has 0 spiro atoms. The van der Waals surface area contributed by atoms with Gasteiger partial charge in [-0.25, -0.2) is 4.21 Å². The van der Waals surface area contributed by atoms with E-state index in [0.29, 0.717) is 16.9 Å². The fourth-order valence-electron chi connectivity index (χ4n) is 2.50. The quantitative estimate of drug-likeness (QED) is 0.430. The van der Waals surface area contributed by atoms with E-state index in [1.165, 1.54) is 6.07 Å². The Hall–Kier alpha value is -0.470. The molecular weight excluding hydrogens is 338 g/mol. The van der Waals surface area contributed by atoms with Crippen LogP contribution in [-0.4, -0.2) is 16.1 Å². The second kappa shape index (κ2) is 8.07. The molecule has 106 valence electrons. The third kappa shape index (κ3) is 3.64. The minimum atomic E-state index is -1.76. The third-order valence-electron chi connectivity index (χ3n) is 3.40. The summed E-state index contributed by atoms with van der Waals surface area (Å²) in [5.41, 5.74) is 0.284. The second-order valence-corrected chi connectivity index (χ2v) is 5.99. The molecule has 0 fully saturated rings. The fraction of sp³-hybridized carbons (Fsp3) is 0.0667. The van der Waals surface area contributed by atoms with Crippen LogP contribution in [0.3, 0.4) is 0 Å². The van der Waals surface area contributed by atoms with Gasteiger partial charge in [-0.05, 0) is 23.6 Å². The number of carboxylic acids is 2. The third-order valence-corrected chi connectivity index (χ3v) is 5.04. The molecule has 2 aromatic carbocycles. The van der Waals surface area contributed by atoms with Gasteiger partial charge in [-0.15, -0.1) is 0 Å². The van der Waals surface area contributed by atoms with E-state index in [2.05, 4.69) is 0 Å². The van der Waals surface area contributed by atoms with Crippen LogP contribution in [0.4, 0.5) is 0 Å². The summed E-state index contributed by atoms with van der Waals surface area (Å²) in [7, 11) is -1.76. The van der Waals surface area contributed by atoms with Crippen molar-refractivity contribution in [2.24, 2.45) is 0 Å². The summed E-state index contributed by atoms with van der Waals surface area (Å²) in [6.45, 7) is 0. The van der Waals surface area contributed by atoms with Crippen LogP contribution in [-0.2, 0) is 17.2 Å². The van der Waals surface area contributed by atoms with Crippen LogP contribution in [0.5, 0.6) is 0 Å². The van der Waals surface area contributed by atoms with Gasteiger partial charge >= 0.3 is 59.1 Å². The molecule has 5 nitrogen and oxygen atoms in total. The molecule has 1 aliphatic rings. The number of carboxylic acid groups (broad SMARTS) is 2. The molecule has 1 atom stereocenters. The zero-order chi connectivity index (χ0) is 15.1. The van der Waals surface area contributed by atoms with Crippen LogP contribution in [0.25, 0.3) is 0 Å². The monoisotopic (exact) mass is 346 g/mol. The normalized spacial score (nSPS) is 14.5. The van der Waals surface area contributed by atoms with Crippen molar-refractivity contribution in [2.75, 3.05) is 0 Å². The number of hydrogen-bond donors (Lipinski definition) is 0. The van der Waals surface area contributed by atoms with Crippen molar-refractivity contribution in [1.82, 2.24) is 0 Å². The first-order valence-electron chi connectivity index (χ1n) is 6.09. The molecule has 0 bridgehead atoms. The predicted octanol–water partition coefficient (Wildman–Crippen LogP) is -6.51. The SMILES string of the molecule is O=C([O-])c1ccc2c(c1C(=O)[O-])S(=O)c1ccccc1C2.[Na+].[Na+]. The van der Waals surface area contributed by atoms with Crippen molar-refractivity contribution in [3.8, 4) is 0 Å². The Morgan fingerprint density at radius 3 is 2.17 bits per heavy atom. The maximum absolute atomic E-state index is 12.6. The van der Waals surface area contributed by atoms with Crippen LogP contribution < -0.4 is 69.3 Å². The molecule has 0 saturated carbocycles. The van der Waals surface area contributed by atoms with Crippen molar-refractivity contribution in [1.29, 1.82) is 0 Å². The molecule has 0 amide bonds. The molecular formula is C15H8Na2O5S. The summed E-state index contributed by atoms with van der Waals surface area (Å²) in [5, 5.41) is 22.4. The first-order chi connectivity index (χ1) is 10.0. The Kier molecular flexibility index (Phi) is 7.22. The maximum Gasteiger partial charge on any atom is 1.00 e. The van der Waals surface area contributed by atoms with Crippen LogP contribution in [0, 0.1) is 0 Å². The number of aromatic carboxylic acids is 2. The Bertz CT molecular complexity index is 820. The number of hydrogen-bond acceptors (Lipinski definition) is 5. The number of carbonyl (C=O) groups is 2. The molecule has 3 rings (SSSR count). The van der Waals surface area contributed by atoms with E-state index in [4.69, 9.17) is 0 Å². The molecule has 0 N–H and O–H groups in total.